The van der Waals surface area contributed by atoms with Gasteiger partial charge in [-0.1, -0.05) is 84.9 Å². The number of hydrogen-bond donors (Lipinski definition) is 1. The quantitative estimate of drug-likeness (QED) is 0.289. The second kappa shape index (κ2) is 6.60. The topological polar surface area (TPSA) is 19.0 Å². The molecule has 0 saturated carbocycles. The van der Waals surface area contributed by atoms with Crippen LogP contribution in [0.15, 0.2) is 103 Å². The largest absolute Gasteiger partial charge is 0.354 e. The van der Waals surface area contributed by atoms with Crippen molar-refractivity contribution in [3.05, 3.63) is 114 Å². The van der Waals surface area contributed by atoms with Gasteiger partial charge >= 0.3 is 0 Å². The third kappa shape index (κ3) is 2.47. The monoisotopic (exact) mass is 408 g/mol. The molecule has 0 saturated heterocycles. The van der Waals surface area contributed by atoms with Crippen molar-refractivity contribution < 1.29 is 0 Å². The lowest BCUT2D eigenvalue weighted by Gasteiger charge is -2.27. The normalized spacial score (nSPS) is 12.8. The predicted molar refractivity (Wildman–Crippen MR) is 137 cm³/mol. The van der Waals surface area contributed by atoms with Crippen molar-refractivity contribution in [1.29, 1.82) is 0 Å². The van der Waals surface area contributed by atoms with Crippen molar-refractivity contribution >= 4 is 61.8 Å². The van der Waals surface area contributed by atoms with E-state index >= 15 is 0 Å². The van der Waals surface area contributed by atoms with Gasteiger partial charge in [0.2, 0.25) is 0 Å². The van der Waals surface area contributed by atoms with Gasteiger partial charge in [-0.2, -0.15) is 0 Å². The lowest BCUT2D eigenvalue weighted by molar-refractivity contribution is 1.29. The number of para-hydroxylation sites is 2. The summed E-state index contributed by atoms with van der Waals surface area (Å²) in [6.07, 6.45) is 4.49. The molecule has 0 atom stereocenters. The Balaban J connectivity index is 1.56. The van der Waals surface area contributed by atoms with Crippen molar-refractivity contribution in [2.75, 3.05) is 4.90 Å². The maximum absolute atomic E-state index is 3.68. The predicted octanol–water partition coefficient (Wildman–Crippen LogP) is 8.43. The minimum atomic E-state index is 1.16. The summed E-state index contributed by atoms with van der Waals surface area (Å²) in [5.74, 6) is 0. The van der Waals surface area contributed by atoms with Crippen LogP contribution < -0.4 is 4.90 Å². The SMILES string of the molecule is C1=Cc2c(ccc3c2[nH]c2ccccc23)N(c2ccc3ccccc3c2)c2ccccc21. The van der Waals surface area contributed by atoms with Crippen LogP contribution >= 0.6 is 0 Å². The summed E-state index contributed by atoms with van der Waals surface area (Å²) in [5.41, 5.74) is 8.30. The fourth-order valence-electron chi connectivity index (χ4n) is 5.02. The molecule has 0 aliphatic carbocycles. The molecule has 2 heterocycles. The molecule has 5 aromatic carbocycles. The third-order valence-electron chi connectivity index (χ3n) is 6.54. The molecule has 1 aliphatic heterocycles. The number of hydrogen-bond acceptors (Lipinski definition) is 1. The first-order valence-corrected chi connectivity index (χ1v) is 11.0. The number of aromatic nitrogens is 1. The van der Waals surface area contributed by atoms with Gasteiger partial charge in [0.25, 0.3) is 0 Å². The molecule has 1 N–H and O–H groups in total. The van der Waals surface area contributed by atoms with Crippen LogP contribution in [-0.2, 0) is 0 Å². The van der Waals surface area contributed by atoms with E-state index in [4.69, 9.17) is 0 Å². The van der Waals surface area contributed by atoms with Gasteiger partial charge in [-0.05, 0) is 46.7 Å². The second-order valence-electron chi connectivity index (χ2n) is 8.35. The number of benzene rings is 5. The van der Waals surface area contributed by atoms with Crippen LogP contribution in [0.2, 0.25) is 0 Å². The van der Waals surface area contributed by atoms with Crippen LogP contribution in [0.1, 0.15) is 11.1 Å². The fraction of sp³-hybridized carbons (Fsp3) is 0. The van der Waals surface area contributed by atoms with Crippen LogP contribution in [0.3, 0.4) is 0 Å². The molecule has 2 heteroatoms. The summed E-state index contributed by atoms with van der Waals surface area (Å²) in [6.45, 7) is 0. The number of anilines is 3. The van der Waals surface area contributed by atoms with Gasteiger partial charge in [0.1, 0.15) is 0 Å². The van der Waals surface area contributed by atoms with E-state index in [1.54, 1.807) is 0 Å². The molecule has 0 spiro atoms. The molecule has 0 unspecified atom stereocenters. The summed E-state index contributed by atoms with van der Waals surface area (Å²) in [5, 5.41) is 5.02. The van der Waals surface area contributed by atoms with Gasteiger partial charge in [-0.15, -0.1) is 0 Å². The molecule has 32 heavy (non-hydrogen) atoms. The van der Waals surface area contributed by atoms with Crippen LogP contribution in [-0.4, -0.2) is 4.98 Å². The number of aromatic amines is 1. The van der Waals surface area contributed by atoms with Crippen LogP contribution in [0.4, 0.5) is 17.1 Å². The third-order valence-corrected chi connectivity index (χ3v) is 6.54. The second-order valence-corrected chi connectivity index (χ2v) is 8.35. The Hall–Kier alpha value is -4.30. The van der Waals surface area contributed by atoms with E-state index in [0.717, 1.165) is 5.69 Å². The first kappa shape index (κ1) is 17.4. The molecule has 1 aliphatic rings. The molecular formula is C30H20N2. The number of nitrogens with zero attached hydrogens (tertiary/aromatic N) is 1. The van der Waals surface area contributed by atoms with Gasteiger partial charge < -0.3 is 9.88 Å². The van der Waals surface area contributed by atoms with Gasteiger partial charge in [-0.25, -0.2) is 0 Å². The van der Waals surface area contributed by atoms with E-state index in [2.05, 4.69) is 125 Å². The summed E-state index contributed by atoms with van der Waals surface area (Å²) in [7, 11) is 0. The average molecular weight is 409 g/mol. The molecule has 0 amide bonds. The minimum absolute atomic E-state index is 1.16. The highest BCUT2D eigenvalue weighted by Crippen LogP contribution is 2.45. The first-order valence-electron chi connectivity index (χ1n) is 11.0. The smallest absolute Gasteiger partial charge is 0.0559 e. The molecule has 1 aromatic heterocycles. The number of nitrogens with one attached hydrogen (secondary N) is 1. The Kier molecular flexibility index (Phi) is 3.58. The summed E-state index contributed by atoms with van der Waals surface area (Å²) in [4.78, 5) is 6.08. The highest BCUT2D eigenvalue weighted by atomic mass is 15.1. The number of H-pyrrole nitrogens is 1. The van der Waals surface area contributed by atoms with Crippen molar-refractivity contribution in [2.45, 2.75) is 0 Å². The number of rotatable bonds is 1. The van der Waals surface area contributed by atoms with Crippen molar-refractivity contribution in [3.63, 3.8) is 0 Å². The zero-order valence-electron chi connectivity index (χ0n) is 17.4. The molecular weight excluding hydrogens is 388 g/mol. The average Bonchev–Trinajstić information content (AvgIpc) is 3.14. The Morgan fingerprint density at radius 2 is 1.38 bits per heavy atom. The van der Waals surface area contributed by atoms with E-state index in [1.807, 2.05) is 0 Å². The molecule has 0 radical (unpaired) electrons. The minimum Gasteiger partial charge on any atom is -0.354 e. The Morgan fingerprint density at radius 3 is 2.34 bits per heavy atom. The van der Waals surface area contributed by atoms with Crippen LogP contribution in [0.5, 0.6) is 0 Å². The van der Waals surface area contributed by atoms with Gasteiger partial charge in [0.15, 0.2) is 0 Å². The Labute approximate surface area is 186 Å². The zero-order chi connectivity index (χ0) is 21.1. The lowest BCUT2D eigenvalue weighted by Crippen LogP contribution is -2.11. The highest BCUT2D eigenvalue weighted by molar-refractivity contribution is 6.13. The van der Waals surface area contributed by atoms with Gasteiger partial charge in [0, 0.05) is 27.5 Å². The molecule has 7 rings (SSSR count). The maximum atomic E-state index is 3.68. The summed E-state index contributed by atoms with van der Waals surface area (Å²) < 4.78 is 0. The maximum Gasteiger partial charge on any atom is 0.0559 e. The zero-order valence-corrected chi connectivity index (χ0v) is 17.4. The summed E-state index contributed by atoms with van der Waals surface area (Å²) in [6, 6.07) is 36.9. The van der Waals surface area contributed by atoms with Gasteiger partial charge in [0.05, 0.1) is 16.9 Å². The van der Waals surface area contributed by atoms with Crippen LogP contribution in [0, 0.1) is 0 Å². The van der Waals surface area contributed by atoms with Crippen LogP contribution in [0.25, 0.3) is 44.7 Å². The molecule has 150 valence electrons. The molecule has 6 aromatic rings. The Bertz CT molecular complexity index is 1690. The molecule has 0 fully saturated rings. The van der Waals surface area contributed by atoms with Crippen molar-refractivity contribution in [1.82, 2.24) is 4.98 Å². The van der Waals surface area contributed by atoms with E-state index in [1.165, 1.54) is 55.1 Å². The van der Waals surface area contributed by atoms with Crippen molar-refractivity contribution in [3.8, 4) is 0 Å². The Morgan fingerprint density at radius 1 is 0.562 bits per heavy atom. The van der Waals surface area contributed by atoms with E-state index < -0.39 is 0 Å². The molecule has 0 bridgehead atoms. The van der Waals surface area contributed by atoms with E-state index in [9.17, 15) is 0 Å². The number of fused-ring (bicyclic) bond motifs is 7. The first-order chi connectivity index (χ1) is 15.9. The van der Waals surface area contributed by atoms with Gasteiger partial charge in [-0.3, -0.25) is 0 Å². The lowest BCUT2D eigenvalue weighted by atomic mass is 10.0. The standard InChI is InChI=1S/C30H20N2/c1-2-9-22-19-23(15-13-20(22)7-1)32-28-12-6-3-8-21(28)14-16-26-29(32)18-17-25-24-10-4-5-11-27(24)31-30(25)26/h1-19,31H. The molecule has 2 nitrogen and oxygen atoms in total. The van der Waals surface area contributed by atoms with E-state index in [0.29, 0.717) is 0 Å². The summed E-state index contributed by atoms with van der Waals surface area (Å²) >= 11 is 0. The fourth-order valence-corrected chi connectivity index (χ4v) is 5.02. The van der Waals surface area contributed by atoms with E-state index in [-0.39, 0.29) is 0 Å². The highest BCUT2D eigenvalue weighted by Gasteiger charge is 2.22. The van der Waals surface area contributed by atoms with Crippen molar-refractivity contribution in [2.24, 2.45) is 0 Å².